The minimum Gasteiger partial charge on any atom is -1.00 e. The van der Waals surface area contributed by atoms with Crippen molar-refractivity contribution in [1.29, 1.82) is 0 Å². The van der Waals surface area contributed by atoms with Gasteiger partial charge in [0.05, 0.1) is 0 Å². The van der Waals surface area contributed by atoms with Crippen LogP contribution >= 0.6 is 0 Å². The van der Waals surface area contributed by atoms with Crippen molar-refractivity contribution in [3.05, 3.63) is 42.5 Å². The van der Waals surface area contributed by atoms with Crippen LogP contribution in [0.4, 0.5) is 0 Å². The molecule has 0 heterocycles. The molecule has 0 aliphatic rings. The van der Waals surface area contributed by atoms with Gasteiger partial charge in [0.15, 0.2) is 0 Å². The van der Waals surface area contributed by atoms with Crippen LogP contribution in [0.1, 0.15) is 4.28 Å². The van der Waals surface area contributed by atoms with E-state index in [1.54, 1.807) is 0 Å². The number of hydrogen-bond acceptors (Lipinski definition) is 8. The molecule has 4 N–H and O–H groups in total. The molecule has 4 aromatic carbocycles. The van der Waals surface area contributed by atoms with Crippen LogP contribution in [0.25, 0.3) is 32.3 Å². The first-order valence-electron chi connectivity index (χ1n) is 7.69. The van der Waals surface area contributed by atoms with E-state index in [-0.39, 0.29) is 125 Å². The van der Waals surface area contributed by atoms with Crippen LogP contribution in [0.5, 0.6) is 0 Å². The van der Waals surface area contributed by atoms with Crippen molar-refractivity contribution >= 4 is 62.7 Å². The van der Waals surface area contributed by atoms with Crippen molar-refractivity contribution in [2.24, 2.45) is 5.90 Å². The van der Waals surface area contributed by atoms with Crippen LogP contribution in [0, 0.1) is 0 Å². The van der Waals surface area contributed by atoms with Crippen molar-refractivity contribution in [1.82, 2.24) is 0 Å². The summed E-state index contributed by atoms with van der Waals surface area (Å²) in [5.74, 6) is 4.86. The fraction of sp³-hybridized carbons (Fsp3) is 0. The summed E-state index contributed by atoms with van der Waals surface area (Å²) in [6.45, 7) is 0. The Bertz CT molecular complexity index is 1620. The van der Waals surface area contributed by atoms with Gasteiger partial charge < -0.3 is 4.28 Å². The van der Waals surface area contributed by atoms with E-state index in [0.29, 0.717) is 11.5 Å². The standard InChI is InChI=1S/C16H11NO9S3.3Na.3H/c17-26-29(24,25)12-6-2-8-1-3-10-13(27(18,19)20)7-14(28(21,22)23)11-5-4-9(12)15(8)16(10)11;;;;;;/h1-7H,17H2,(H,18,19,20)(H,21,22,23);;;;;;/q;3*+1;3*-1. The van der Waals surface area contributed by atoms with Crippen LogP contribution in [0.15, 0.2) is 57.2 Å². The number of rotatable bonds is 4. The second-order valence-corrected chi connectivity index (χ2v) is 10.5. The summed E-state index contributed by atoms with van der Waals surface area (Å²) in [4.78, 5) is -1.83. The third-order valence-electron chi connectivity index (χ3n) is 4.62. The van der Waals surface area contributed by atoms with Crippen molar-refractivity contribution in [2.45, 2.75) is 14.7 Å². The SMILES string of the molecule is NOS(=O)(=O)c1ccc2ccc3c(S(=O)(=O)O)cc(S(=O)(=O)O)c4ccc1c2c34.[H-].[H-].[H-].[Na+].[Na+].[Na+]. The summed E-state index contributed by atoms with van der Waals surface area (Å²) in [6.07, 6.45) is 0. The molecule has 0 spiro atoms. The Balaban J connectivity index is -0.00000171. The summed E-state index contributed by atoms with van der Waals surface area (Å²) >= 11 is 0. The monoisotopic (exact) mass is 529 g/mol. The summed E-state index contributed by atoms with van der Waals surface area (Å²) in [5.41, 5.74) is 0. The number of nitrogens with two attached hydrogens (primary N) is 1. The van der Waals surface area contributed by atoms with Crippen LogP contribution < -0.4 is 94.6 Å². The van der Waals surface area contributed by atoms with Crippen molar-refractivity contribution in [2.75, 3.05) is 0 Å². The minimum atomic E-state index is -4.89. The Morgan fingerprint density at radius 1 is 0.656 bits per heavy atom. The predicted octanol–water partition coefficient (Wildman–Crippen LogP) is -6.99. The molecule has 4 rings (SSSR count). The molecule has 0 atom stereocenters. The molecule has 4 aromatic rings. The first-order valence-corrected chi connectivity index (χ1v) is 12.0. The molecular weight excluding hydrogens is 515 g/mol. The van der Waals surface area contributed by atoms with Crippen LogP contribution in [0.3, 0.4) is 0 Å². The van der Waals surface area contributed by atoms with Crippen LogP contribution in [0.2, 0.25) is 0 Å². The molecule has 10 nitrogen and oxygen atoms in total. The Kier molecular flexibility index (Phi) is 9.87. The van der Waals surface area contributed by atoms with Gasteiger partial charge in [0.1, 0.15) is 14.7 Å². The van der Waals surface area contributed by atoms with E-state index in [4.69, 9.17) is 5.90 Å². The normalized spacial score (nSPS) is 12.3. The zero-order valence-electron chi connectivity index (χ0n) is 20.1. The molecule has 0 saturated heterocycles. The fourth-order valence-electron chi connectivity index (χ4n) is 3.50. The van der Waals surface area contributed by atoms with E-state index in [1.807, 2.05) is 0 Å². The molecule has 158 valence electrons. The largest absolute Gasteiger partial charge is 1.00 e. The molecule has 0 amide bonds. The first kappa shape index (κ1) is 30.6. The maximum Gasteiger partial charge on any atom is 1.00 e. The Hall–Kier alpha value is 0.610. The molecule has 0 unspecified atom stereocenters. The molecule has 0 aromatic heterocycles. The van der Waals surface area contributed by atoms with Crippen molar-refractivity contribution < 1.29 is 132 Å². The zero-order valence-corrected chi connectivity index (χ0v) is 25.5. The molecule has 0 radical (unpaired) electrons. The van der Waals surface area contributed by atoms with Gasteiger partial charge in [-0.2, -0.15) is 35.4 Å². The molecule has 16 heteroatoms. The van der Waals surface area contributed by atoms with Crippen molar-refractivity contribution in [3.63, 3.8) is 0 Å². The van der Waals surface area contributed by atoms with Crippen molar-refractivity contribution in [3.8, 4) is 0 Å². The predicted molar refractivity (Wildman–Crippen MR) is 106 cm³/mol. The summed E-state index contributed by atoms with van der Waals surface area (Å²) < 4.78 is 95.1. The number of benzene rings is 4. The third-order valence-corrected chi connectivity index (χ3v) is 7.55. The molecule has 0 bridgehead atoms. The molecule has 0 fully saturated rings. The van der Waals surface area contributed by atoms with Gasteiger partial charge in [0.25, 0.3) is 20.2 Å². The third kappa shape index (κ3) is 5.09. The van der Waals surface area contributed by atoms with Gasteiger partial charge >= 0.3 is 98.8 Å². The maximum atomic E-state index is 12.2. The Labute approximate surface area is 254 Å². The van der Waals surface area contributed by atoms with E-state index < -0.39 is 40.1 Å². The van der Waals surface area contributed by atoms with Gasteiger partial charge in [-0.1, -0.05) is 30.3 Å². The van der Waals surface area contributed by atoms with Gasteiger partial charge in [0.2, 0.25) is 0 Å². The smallest absolute Gasteiger partial charge is 1.00 e. The first-order chi connectivity index (χ1) is 13.4. The molecule has 32 heavy (non-hydrogen) atoms. The molecule has 0 aliphatic carbocycles. The molecule has 0 saturated carbocycles. The minimum absolute atomic E-state index is 0. The Morgan fingerprint density at radius 2 is 1.06 bits per heavy atom. The average molecular weight is 529 g/mol. The van der Waals surface area contributed by atoms with E-state index in [2.05, 4.69) is 4.28 Å². The topological polar surface area (TPSA) is 178 Å². The van der Waals surface area contributed by atoms with Gasteiger partial charge in [-0.05, 0) is 22.9 Å². The van der Waals surface area contributed by atoms with E-state index in [0.717, 1.165) is 0 Å². The summed E-state index contributed by atoms with van der Waals surface area (Å²) in [7, 11) is -14.1. The van der Waals surface area contributed by atoms with Gasteiger partial charge in [-0.3, -0.25) is 9.11 Å². The second kappa shape index (κ2) is 10.3. The second-order valence-electron chi connectivity index (χ2n) is 6.18. The quantitative estimate of drug-likeness (QED) is 0.0996. The maximum absolute atomic E-state index is 12.2. The zero-order chi connectivity index (χ0) is 21.4. The molecule has 0 aliphatic heterocycles. The van der Waals surface area contributed by atoms with Gasteiger partial charge in [-0.25, -0.2) is 0 Å². The Morgan fingerprint density at radius 3 is 1.50 bits per heavy atom. The average Bonchev–Trinajstić information content (AvgIpc) is 2.63. The van der Waals surface area contributed by atoms with Gasteiger partial charge in [0, 0.05) is 21.5 Å². The van der Waals surface area contributed by atoms with E-state index in [1.165, 1.54) is 36.4 Å². The number of hydrogen-bond donors (Lipinski definition) is 3. The fourth-order valence-corrected chi connectivity index (χ4v) is 5.79. The molecular formula is C16H14NNa3O9S3. The van der Waals surface area contributed by atoms with Gasteiger partial charge in [-0.15, -0.1) is 0 Å². The summed E-state index contributed by atoms with van der Waals surface area (Å²) in [5, 5.41) is 0.625. The van der Waals surface area contributed by atoms with Crippen LogP contribution in [-0.2, 0) is 34.6 Å². The van der Waals surface area contributed by atoms with E-state index in [9.17, 15) is 34.4 Å². The summed E-state index contributed by atoms with van der Waals surface area (Å²) in [6, 6.07) is 8.61. The van der Waals surface area contributed by atoms with Crippen LogP contribution in [-0.4, -0.2) is 34.4 Å². The van der Waals surface area contributed by atoms with E-state index >= 15 is 0 Å².